The van der Waals surface area contributed by atoms with E-state index in [4.69, 9.17) is 5.11 Å². The number of carbonyl (C=O) groups excluding carboxylic acids is 1. The molecule has 3 rings (SSSR count). The topological polar surface area (TPSA) is 97.1 Å². The second kappa shape index (κ2) is 5.35. The zero-order valence-electron chi connectivity index (χ0n) is 11.1. The Morgan fingerprint density at radius 2 is 2.05 bits per heavy atom. The van der Waals surface area contributed by atoms with Crippen molar-refractivity contribution in [1.29, 1.82) is 0 Å². The predicted molar refractivity (Wildman–Crippen MR) is 72.4 cm³/mol. The Hall–Kier alpha value is -2.70. The van der Waals surface area contributed by atoms with Gasteiger partial charge in [0.25, 0.3) is 0 Å². The van der Waals surface area contributed by atoms with E-state index in [9.17, 15) is 9.59 Å². The minimum Gasteiger partial charge on any atom is -0.481 e. The highest BCUT2D eigenvalue weighted by Crippen LogP contribution is 2.38. The molecule has 0 saturated heterocycles. The SMILES string of the molecule is O=C(O)C1CC1C(=O)NCc1nncn1-c1ccccc1. The van der Waals surface area contributed by atoms with E-state index in [1.807, 2.05) is 30.3 Å². The van der Waals surface area contributed by atoms with Gasteiger partial charge in [-0.1, -0.05) is 18.2 Å². The molecule has 0 spiro atoms. The molecule has 1 aliphatic carbocycles. The maximum Gasteiger partial charge on any atom is 0.307 e. The number of aromatic nitrogens is 3. The second-order valence-corrected chi connectivity index (χ2v) is 4.96. The summed E-state index contributed by atoms with van der Waals surface area (Å²) in [6.45, 7) is 0.219. The van der Waals surface area contributed by atoms with Crippen LogP contribution >= 0.6 is 0 Å². The highest BCUT2D eigenvalue weighted by Gasteiger charge is 2.48. The number of rotatable bonds is 5. The van der Waals surface area contributed by atoms with E-state index in [2.05, 4.69) is 15.5 Å². The summed E-state index contributed by atoms with van der Waals surface area (Å²) in [5.41, 5.74) is 0.904. The molecule has 7 nitrogen and oxygen atoms in total. The summed E-state index contributed by atoms with van der Waals surface area (Å²) < 4.78 is 1.78. The first-order chi connectivity index (χ1) is 10.2. The average molecular weight is 286 g/mol. The third-order valence-electron chi connectivity index (χ3n) is 3.52. The van der Waals surface area contributed by atoms with Crippen LogP contribution in [0.15, 0.2) is 36.7 Å². The number of carbonyl (C=O) groups is 2. The first-order valence-corrected chi connectivity index (χ1v) is 6.61. The maximum atomic E-state index is 11.8. The zero-order chi connectivity index (χ0) is 14.8. The van der Waals surface area contributed by atoms with Gasteiger partial charge in [-0.05, 0) is 18.6 Å². The van der Waals surface area contributed by atoms with Crippen LogP contribution in [0.3, 0.4) is 0 Å². The highest BCUT2D eigenvalue weighted by molar-refractivity contribution is 5.89. The van der Waals surface area contributed by atoms with Gasteiger partial charge in [-0.25, -0.2) is 0 Å². The molecular weight excluding hydrogens is 272 g/mol. The van der Waals surface area contributed by atoms with Crippen molar-refractivity contribution in [3.63, 3.8) is 0 Å². The summed E-state index contributed by atoms with van der Waals surface area (Å²) in [5.74, 6) is -1.53. The maximum absolute atomic E-state index is 11.8. The molecule has 1 aromatic heterocycles. The highest BCUT2D eigenvalue weighted by atomic mass is 16.4. The van der Waals surface area contributed by atoms with Crippen LogP contribution in [-0.4, -0.2) is 31.7 Å². The lowest BCUT2D eigenvalue weighted by Crippen LogP contribution is -2.27. The number of carboxylic acid groups (broad SMARTS) is 1. The number of hydrogen-bond acceptors (Lipinski definition) is 4. The number of hydrogen-bond donors (Lipinski definition) is 2. The van der Waals surface area contributed by atoms with Crippen LogP contribution in [0.1, 0.15) is 12.2 Å². The molecule has 0 radical (unpaired) electrons. The Bertz CT molecular complexity index is 668. The lowest BCUT2D eigenvalue weighted by Gasteiger charge is -2.07. The van der Waals surface area contributed by atoms with Crippen LogP contribution < -0.4 is 5.32 Å². The molecule has 1 amide bonds. The standard InChI is InChI=1S/C14H14N4O3/c19-13(10-6-11(10)14(20)21)15-7-12-17-16-8-18(12)9-4-2-1-3-5-9/h1-5,8,10-11H,6-7H2,(H,15,19)(H,20,21). The normalized spacial score (nSPS) is 20.0. The van der Waals surface area contributed by atoms with Crippen molar-refractivity contribution in [3.05, 3.63) is 42.5 Å². The number of carboxylic acids is 1. The number of nitrogens with zero attached hydrogens (tertiary/aromatic N) is 3. The van der Waals surface area contributed by atoms with Gasteiger partial charge in [-0.3, -0.25) is 14.2 Å². The Labute approximate surface area is 120 Å². The largest absolute Gasteiger partial charge is 0.481 e. The number of amides is 1. The Kier molecular flexibility index (Phi) is 3.39. The first-order valence-electron chi connectivity index (χ1n) is 6.61. The van der Waals surface area contributed by atoms with Gasteiger partial charge >= 0.3 is 5.97 Å². The quantitative estimate of drug-likeness (QED) is 0.839. The van der Waals surface area contributed by atoms with E-state index < -0.39 is 17.8 Å². The molecule has 2 aromatic rings. The van der Waals surface area contributed by atoms with Crippen LogP contribution in [0.4, 0.5) is 0 Å². The van der Waals surface area contributed by atoms with Gasteiger partial charge in [0.1, 0.15) is 6.33 Å². The fourth-order valence-corrected chi connectivity index (χ4v) is 2.24. The molecule has 1 aromatic carbocycles. The average Bonchev–Trinajstić information content (AvgIpc) is 3.17. The Morgan fingerprint density at radius 1 is 1.29 bits per heavy atom. The first kappa shape index (κ1) is 13.3. The molecular formula is C14H14N4O3. The zero-order valence-corrected chi connectivity index (χ0v) is 11.1. The Balaban J connectivity index is 1.64. The third kappa shape index (κ3) is 2.76. The van der Waals surface area contributed by atoms with Crippen molar-refractivity contribution in [2.45, 2.75) is 13.0 Å². The summed E-state index contributed by atoms with van der Waals surface area (Å²) >= 11 is 0. The van der Waals surface area contributed by atoms with Crippen molar-refractivity contribution in [1.82, 2.24) is 20.1 Å². The van der Waals surface area contributed by atoms with Crippen molar-refractivity contribution < 1.29 is 14.7 Å². The van der Waals surface area contributed by atoms with Crippen molar-refractivity contribution in [2.75, 3.05) is 0 Å². The molecule has 2 atom stereocenters. The molecule has 7 heteroatoms. The van der Waals surface area contributed by atoms with E-state index in [0.717, 1.165) is 5.69 Å². The second-order valence-electron chi connectivity index (χ2n) is 4.96. The van der Waals surface area contributed by atoms with Crippen molar-refractivity contribution >= 4 is 11.9 Å². The fourth-order valence-electron chi connectivity index (χ4n) is 2.24. The Morgan fingerprint density at radius 3 is 2.71 bits per heavy atom. The molecule has 1 saturated carbocycles. The van der Waals surface area contributed by atoms with Gasteiger partial charge in [0, 0.05) is 5.69 Å². The van der Waals surface area contributed by atoms with Crippen LogP contribution in [0.5, 0.6) is 0 Å². The van der Waals surface area contributed by atoms with Crippen LogP contribution in [0.25, 0.3) is 5.69 Å². The molecule has 1 aliphatic rings. The van der Waals surface area contributed by atoms with Gasteiger partial charge < -0.3 is 10.4 Å². The van der Waals surface area contributed by atoms with E-state index in [1.165, 1.54) is 0 Å². The van der Waals surface area contributed by atoms with Crippen molar-refractivity contribution in [2.24, 2.45) is 11.8 Å². The molecule has 0 aliphatic heterocycles. The van der Waals surface area contributed by atoms with Crippen LogP contribution in [0.2, 0.25) is 0 Å². The van der Waals surface area contributed by atoms with E-state index >= 15 is 0 Å². The third-order valence-corrected chi connectivity index (χ3v) is 3.52. The lowest BCUT2D eigenvalue weighted by molar-refractivity contribution is -0.140. The minimum absolute atomic E-state index is 0.219. The summed E-state index contributed by atoms with van der Waals surface area (Å²) in [4.78, 5) is 22.6. The van der Waals surface area contributed by atoms with Gasteiger partial charge in [0.15, 0.2) is 5.82 Å². The smallest absolute Gasteiger partial charge is 0.307 e. The summed E-state index contributed by atoms with van der Waals surface area (Å²) in [6.07, 6.45) is 1.99. The van der Waals surface area contributed by atoms with E-state index in [0.29, 0.717) is 12.2 Å². The summed E-state index contributed by atoms with van der Waals surface area (Å²) in [7, 11) is 0. The predicted octanol–water partition coefficient (Wildman–Crippen LogP) is 0.604. The van der Waals surface area contributed by atoms with Gasteiger partial charge in [0.05, 0.1) is 18.4 Å². The van der Waals surface area contributed by atoms with E-state index in [1.54, 1.807) is 10.9 Å². The lowest BCUT2D eigenvalue weighted by atomic mass is 10.3. The molecule has 2 N–H and O–H groups in total. The monoisotopic (exact) mass is 286 g/mol. The molecule has 2 unspecified atom stereocenters. The summed E-state index contributed by atoms with van der Waals surface area (Å²) in [6, 6.07) is 9.54. The van der Waals surface area contributed by atoms with Gasteiger partial charge in [-0.15, -0.1) is 10.2 Å². The molecule has 0 bridgehead atoms. The fraction of sp³-hybridized carbons (Fsp3) is 0.286. The molecule has 1 heterocycles. The number of aliphatic carboxylic acids is 1. The minimum atomic E-state index is -0.914. The number of nitrogens with one attached hydrogen (secondary N) is 1. The summed E-state index contributed by atoms with van der Waals surface area (Å²) in [5, 5.41) is 19.4. The van der Waals surface area contributed by atoms with E-state index in [-0.39, 0.29) is 12.5 Å². The van der Waals surface area contributed by atoms with Gasteiger partial charge in [-0.2, -0.15) is 0 Å². The number of benzene rings is 1. The van der Waals surface area contributed by atoms with Crippen LogP contribution in [0, 0.1) is 11.8 Å². The molecule has 1 fully saturated rings. The van der Waals surface area contributed by atoms with Gasteiger partial charge in [0.2, 0.25) is 5.91 Å². The van der Waals surface area contributed by atoms with Crippen LogP contribution in [-0.2, 0) is 16.1 Å². The number of para-hydroxylation sites is 1. The molecule has 108 valence electrons. The van der Waals surface area contributed by atoms with Crippen molar-refractivity contribution in [3.8, 4) is 5.69 Å². The molecule has 21 heavy (non-hydrogen) atoms.